The maximum absolute atomic E-state index is 12.5. The molecule has 5 heteroatoms. The third-order valence-corrected chi connectivity index (χ3v) is 6.32. The first-order valence-electron chi connectivity index (χ1n) is 9.30. The Kier molecular flexibility index (Phi) is 3.34. The molecule has 0 bridgehead atoms. The van der Waals surface area contributed by atoms with Gasteiger partial charge in [-0.2, -0.15) is 0 Å². The van der Waals surface area contributed by atoms with E-state index in [4.69, 9.17) is 4.74 Å². The van der Waals surface area contributed by atoms with Gasteiger partial charge in [-0.15, -0.1) is 0 Å². The second-order valence-corrected chi connectivity index (χ2v) is 8.04. The van der Waals surface area contributed by atoms with E-state index in [-0.39, 0.29) is 23.4 Å². The van der Waals surface area contributed by atoms with Crippen LogP contribution < -0.4 is 10.9 Å². The second-order valence-electron chi connectivity index (χ2n) is 8.04. The fourth-order valence-corrected chi connectivity index (χ4v) is 4.63. The first-order chi connectivity index (χ1) is 11.7. The second kappa shape index (κ2) is 5.45. The predicted octanol–water partition coefficient (Wildman–Crippen LogP) is 1.12. The van der Waals surface area contributed by atoms with Gasteiger partial charge in [0.1, 0.15) is 0 Å². The van der Waals surface area contributed by atoms with Gasteiger partial charge < -0.3 is 14.6 Å². The van der Waals surface area contributed by atoms with Crippen LogP contribution >= 0.6 is 0 Å². The normalized spacial score (nSPS) is 33.7. The van der Waals surface area contributed by atoms with Crippen molar-refractivity contribution in [1.82, 2.24) is 9.88 Å². The fraction of sp³-hybridized carbons (Fsp3) is 0.684. The van der Waals surface area contributed by atoms with E-state index in [0.717, 1.165) is 39.0 Å². The summed E-state index contributed by atoms with van der Waals surface area (Å²) in [5.41, 5.74) is 2.58. The van der Waals surface area contributed by atoms with Crippen molar-refractivity contribution in [2.75, 3.05) is 13.2 Å². The number of amides is 1. The highest BCUT2D eigenvalue weighted by Gasteiger charge is 2.58. The molecule has 5 rings (SSSR count). The van der Waals surface area contributed by atoms with Crippen LogP contribution in [0.25, 0.3) is 0 Å². The van der Waals surface area contributed by atoms with Crippen LogP contribution in [-0.4, -0.2) is 29.7 Å². The zero-order chi connectivity index (χ0) is 16.3. The molecule has 4 atom stereocenters. The lowest BCUT2D eigenvalue weighted by Crippen LogP contribution is -2.42. The summed E-state index contributed by atoms with van der Waals surface area (Å²) in [7, 11) is 0. The maximum atomic E-state index is 12.5. The van der Waals surface area contributed by atoms with Gasteiger partial charge in [-0.25, -0.2) is 0 Å². The van der Waals surface area contributed by atoms with Crippen LogP contribution in [0.5, 0.6) is 0 Å². The topological polar surface area (TPSA) is 60.3 Å². The van der Waals surface area contributed by atoms with Gasteiger partial charge in [0.25, 0.3) is 5.56 Å². The van der Waals surface area contributed by atoms with Crippen LogP contribution in [0.4, 0.5) is 0 Å². The molecule has 1 aliphatic heterocycles. The number of ether oxygens (including phenoxy) is 1. The molecule has 128 valence electrons. The number of carbonyl (C=O) groups is 1. The lowest BCUT2D eigenvalue weighted by Gasteiger charge is -2.28. The maximum Gasteiger partial charge on any atom is 0.250 e. The molecule has 4 aliphatic rings. The molecule has 1 aromatic rings. The third kappa shape index (κ3) is 2.50. The summed E-state index contributed by atoms with van der Waals surface area (Å²) in [5, 5.41) is 3.26. The quantitative estimate of drug-likeness (QED) is 0.901. The van der Waals surface area contributed by atoms with E-state index in [2.05, 4.69) is 5.32 Å². The summed E-state index contributed by atoms with van der Waals surface area (Å²) in [4.78, 5) is 24.7. The van der Waals surface area contributed by atoms with Gasteiger partial charge in [0.15, 0.2) is 0 Å². The summed E-state index contributed by atoms with van der Waals surface area (Å²) in [5.74, 6) is 2.02. The molecule has 0 aromatic carbocycles. The van der Waals surface area contributed by atoms with E-state index in [0.29, 0.717) is 17.8 Å². The molecule has 0 radical (unpaired) electrons. The van der Waals surface area contributed by atoms with Crippen molar-refractivity contribution < 1.29 is 9.53 Å². The minimum absolute atomic E-state index is 0.133. The average Bonchev–Trinajstić information content (AvgIpc) is 3.48. The first-order valence-corrected chi connectivity index (χ1v) is 9.30. The minimum Gasteiger partial charge on any atom is -0.381 e. The van der Waals surface area contributed by atoms with Crippen LogP contribution in [0.15, 0.2) is 16.9 Å². The molecule has 3 fully saturated rings. The van der Waals surface area contributed by atoms with E-state index >= 15 is 0 Å². The van der Waals surface area contributed by atoms with Gasteiger partial charge >= 0.3 is 0 Å². The summed E-state index contributed by atoms with van der Waals surface area (Å²) >= 11 is 0. The van der Waals surface area contributed by atoms with E-state index < -0.39 is 0 Å². The standard InChI is InChI=1S/C19H24N2O3/c22-17-6-3-12-7-13(4-5-16(12)21(17)8-11-1-2-11)20-19(23)18-14-9-24-10-15(14)18/h3,6,11,13-15,18H,1-2,4-5,7-10H2,(H,20,23)/t13-,14-,15+,18?/m1/s1. The molecule has 24 heavy (non-hydrogen) atoms. The Morgan fingerprint density at radius 2 is 2.00 bits per heavy atom. The molecule has 2 saturated carbocycles. The van der Waals surface area contributed by atoms with Crippen LogP contribution in [0, 0.1) is 23.7 Å². The molecule has 1 saturated heterocycles. The SMILES string of the molecule is O=C(N[C@@H]1CCc2c(ccc(=O)n2CC2CC2)C1)C1[C@H]2COC[C@@H]12. The van der Waals surface area contributed by atoms with Crippen molar-refractivity contribution in [2.45, 2.75) is 44.7 Å². The molecule has 5 nitrogen and oxygen atoms in total. The number of carbonyl (C=O) groups excluding carboxylic acids is 1. The Morgan fingerprint density at radius 1 is 1.21 bits per heavy atom. The van der Waals surface area contributed by atoms with E-state index in [1.807, 2.05) is 10.6 Å². The number of pyridine rings is 1. The molecule has 1 N–H and O–H groups in total. The molecular weight excluding hydrogens is 304 g/mol. The number of rotatable bonds is 4. The van der Waals surface area contributed by atoms with Crippen molar-refractivity contribution in [3.63, 3.8) is 0 Å². The molecule has 1 unspecified atom stereocenters. The lowest BCUT2D eigenvalue weighted by atomic mass is 9.91. The van der Waals surface area contributed by atoms with Crippen LogP contribution in [0.3, 0.4) is 0 Å². The van der Waals surface area contributed by atoms with Crippen molar-refractivity contribution in [3.05, 3.63) is 33.7 Å². The lowest BCUT2D eigenvalue weighted by molar-refractivity contribution is -0.124. The van der Waals surface area contributed by atoms with Crippen LogP contribution in [0.2, 0.25) is 0 Å². The Hall–Kier alpha value is -1.62. The smallest absolute Gasteiger partial charge is 0.250 e. The van der Waals surface area contributed by atoms with E-state index in [1.165, 1.54) is 24.1 Å². The van der Waals surface area contributed by atoms with Gasteiger partial charge in [-0.3, -0.25) is 9.59 Å². The Balaban J connectivity index is 1.28. The fourth-order valence-electron chi connectivity index (χ4n) is 4.63. The zero-order valence-electron chi connectivity index (χ0n) is 13.9. The predicted molar refractivity (Wildman–Crippen MR) is 88.7 cm³/mol. The first kappa shape index (κ1) is 14.7. The Bertz CT molecular complexity index is 727. The van der Waals surface area contributed by atoms with Gasteiger partial charge in [0, 0.05) is 30.3 Å². The van der Waals surface area contributed by atoms with E-state index in [1.54, 1.807) is 6.07 Å². The monoisotopic (exact) mass is 328 g/mol. The summed E-state index contributed by atoms with van der Waals surface area (Å²) in [6.07, 6.45) is 5.18. The number of nitrogens with zero attached hydrogens (tertiary/aromatic N) is 1. The van der Waals surface area contributed by atoms with Crippen LogP contribution in [-0.2, 0) is 28.9 Å². The highest BCUT2D eigenvalue weighted by molar-refractivity contribution is 5.82. The van der Waals surface area contributed by atoms with E-state index in [9.17, 15) is 9.59 Å². The summed E-state index contributed by atoms with van der Waals surface area (Å²) in [6.45, 7) is 2.39. The van der Waals surface area contributed by atoms with Gasteiger partial charge in [0.2, 0.25) is 5.91 Å². The van der Waals surface area contributed by atoms with Crippen molar-refractivity contribution in [3.8, 4) is 0 Å². The zero-order valence-corrected chi connectivity index (χ0v) is 13.9. The number of nitrogens with one attached hydrogen (secondary N) is 1. The average molecular weight is 328 g/mol. The molecule has 0 spiro atoms. The Morgan fingerprint density at radius 3 is 2.75 bits per heavy atom. The van der Waals surface area contributed by atoms with Crippen molar-refractivity contribution >= 4 is 5.91 Å². The largest absolute Gasteiger partial charge is 0.381 e. The van der Waals surface area contributed by atoms with Gasteiger partial charge in [-0.05, 0) is 55.4 Å². The Labute approximate surface area is 141 Å². The number of fused-ring (bicyclic) bond motifs is 2. The van der Waals surface area contributed by atoms with Crippen molar-refractivity contribution in [1.29, 1.82) is 0 Å². The molecule has 2 heterocycles. The summed E-state index contributed by atoms with van der Waals surface area (Å²) in [6, 6.07) is 3.88. The molecule has 1 aromatic heterocycles. The molecule has 3 aliphatic carbocycles. The number of hydrogen-bond acceptors (Lipinski definition) is 3. The highest BCUT2D eigenvalue weighted by Crippen LogP contribution is 2.50. The third-order valence-electron chi connectivity index (χ3n) is 6.32. The number of aromatic nitrogens is 1. The molecular formula is C19H24N2O3. The van der Waals surface area contributed by atoms with Crippen molar-refractivity contribution in [2.24, 2.45) is 23.7 Å². The van der Waals surface area contributed by atoms with Gasteiger partial charge in [0.05, 0.1) is 13.2 Å². The highest BCUT2D eigenvalue weighted by atomic mass is 16.5. The minimum atomic E-state index is 0.133. The molecule has 1 amide bonds. The van der Waals surface area contributed by atoms with Gasteiger partial charge in [-0.1, -0.05) is 6.07 Å². The van der Waals surface area contributed by atoms with Crippen LogP contribution in [0.1, 0.15) is 30.5 Å². The summed E-state index contributed by atoms with van der Waals surface area (Å²) < 4.78 is 7.37. The number of hydrogen-bond donors (Lipinski definition) is 1.